The molecule has 0 saturated heterocycles. The first-order chi connectivity index (χ1) is 9.38. The van der Waals surface area contributed by atoms with E-state index in [9.17, 15) is 9.59 Å². The van der Waals surface area contributed by atoms with Crippen molar-refractivity contribution in [2.75, 3.05) is 5.32 Å². The molecule has 1 fully saturated rings. The molecule has 0 spiro atoms. The van der Waals surface area contributed by atoms with Gasteiger partial charge in [-0.2, -0.15) is 0 Å². The van der Waals surface area contributed by atoms with Gasteiger partial charge in [0, 0.05) is 0 Å². The quantitative estimate of drug-likeness (QED) is 0.734. The predicted molar refractivity (Wildman–Crippen MR) is 77.8 cm³/mol. The van der Waals surface area contributed by atoms with E-state index in [2.05, 4.69) is 10.6 Å². The second-order valence-electron chi connectivity index (χ2n) is 4.50. The number of nitrogens with one attached hydrogen (secondary N) is 2. The summed E-state index contributed by atoms with van der Waals surface area (Å²) < 4.78 is 0. The second kappa shape index (κ2) is 6.08. The summed E-state index contributed by atoms with van der Waals surface area (Å²) in [6.45, 7) is 0. The summed E-state index contributed by atoms with van der Waals surface area (Å²) in [4.78, 5) is 22.8. The molecule has 2 amide bonds. The Morgan fingerprint density at radius 3 is 2.30 bits per heavy atom. The van der Waals surface area contributed by atoms with E-state index in [-0.39, 0.29) is 26.7 Å². The summed E-state index contributed by atoms with van der Waals surface area (Å²) >= 11 is 17.5. The van der Waals surface area contributed by atoms with Gasteiger partial charge in [-0.3, -0.25) is 0 Å². The van der Waals surface area contributed by atoms with Gasteiger partial charge in [0.05, 0.1) is 20.8 Å². The third-order valence-corrected chi connectivity index (χ3v) is 3.94. The zero-order valence-electron chi connectivity index (χ0n) is 10.1. The Balaban J connectivity index is 2.04. The Bertz CT molecular complexity index is 561. The maximum absolute atomic E-state index is 11.8. The molecule has 2 rings (SSSR count). The third-order valence-electron chi connectivity index (χ3n) is 2.90. The lowest BCUT2D eigenvalue weighted by molar-refractivity contribution is -0.139. The van der Waals surface area contributed by atoms with Crippen molar-refractivity contribution in [2.24, 2.45) is 5.92 Å². The summed E-state index contributed by atoms with van der Waals surface area (Å²) in [5.74, 6) is -1.06. The van der Waals surface area contributed by atoms with Crippen molar-refractivity contribution in [1.82, 2.24) is 5.32 Å². The van der Waals surface area contributed by atoms with Gasteiger partial charge in [-0.1, -0.05) is 34.8 Å². The third kappa shape index (κ3) is 3.69. The van der Waals surface area contributed by atoms with Gasteiger partial charge in [-0.25, -0.2) is 9.59 Å². The molecule has 1 atom stereocenters. The zero-order valence-corrected chi connectivity index (χ0v) is 12.4. The highest BCUT2D eigenvalue weighted by Crippen LogP contribution is 2.34. The molecule has 0 radical (unpaired) electrons. The van der Waals surface area contributed by atoms with Crippen LogP contribution in [-0.2, 0) is 4.79 Å². The number of carboxylic acid groups (broad SMARTS) is 1. The largest absolute Gasteiger partial charge is 0.480 e. The van der Waals surface area contributed by atoms with E-state index in [1.807, 2.05) is 0 Å². The minimum absolute atomic E-state index is 0.0115. The lowest BCUT2D eigenvalue weighted by Crippen LogP contribution is -2.44. The molecule has 8 heteroatoms. The fraction of sp³-hybridized carbons (Fsp3) is 0.333. The molecular weight excluding hydrogens is 327 g/mol. The second-order valence-corrected chi connectivity index (χ2v) is 5.72. The number of urea groups is 1. The van der Waals surface area contributed by atoms with Crippen molar-refractivity contribution in [3.05, 3.63) is 27.2 Å². The average molecular weight is 338 g/mol. The molecule has 0 aliphatic heterocycles. The molecular formula is C12H11Cl3N2O3. The van der Waals surface area contributed by atoms with Crippen molar-refractivity contribution in [2.45, 2.75) is 18.9 Å². The van der Waals surface area contributed by atoms with Crippen LogP contribution < -0.4 is 10.6 Å². The molecule has 0 heterocycles. The first-order valence-corrected chi connectivity index (χ1v) is 6.96. The Morgan fingerprint density at radius 1 is 1.15 bits per heavy atom. The van der Waals surface area contributed by atoms with Gasteiger partial charge in [-0.15, -0.1) is 0 Å². The van der Waals surface area contributed by atoms with Crippen LogP contribution in [0.5, 0.6) is 0 Å². The van der Waals surface area contributed by atoms with Crippen molar-refractivity contribution >= 4 is 52.5 Å². The maximum atomic E-state index is 11.8. The number of hydrogen-bond donors (Lipinski definition) is 3. The monoisotopic (exact) mass is 336 g/mol. The van der Waals surface area contributed by atoms with Crippen LogP contribution in [0.25, 0.3) is 0 Å². The van der Waals surface area contributed by atoms with Crippen LogP contribution in [0, 0.1) is 5.92 Å². The van der Waals surface area contributed by atoms with Gasteiger partial charge in [0.1, 0.15) is 6.04 Å². The number of hydrogen-bond acceptors (Lipinski definition) is 2. The first-order valence-electron chi connectivity index (χ1n) is 5.83. The van der Waals surface area contributed by atoms with Gasteiger partial charge in [0.15, 0.2) is 0 Å². The van der Waals surface area contributed by atoms with Crippen LogP contribution in [0.15, 0.2) is 12.1 Å². The highest BCUT2D eigenvalue weighted by atomic mass is 35.5. The topological polar surface area (TPSA) is 78.4 Å². The molecule has 0 aromatic heterocycles. The van der Waals surface area contributed by atoms with Gasteiger partial charge in [-0.05, 0) is 30.9 Å². The van der Waals surface area contributed by atoms with E-state index in [1.165, 1.54) is 12.1 Å². The summed E-state index contributed by atoms with van der Waals surface area (Å²) in [6, 6.07) is 1.26. The van der Waals surface area contributed by atoms with Crippen molar-refractivity contribution < 1.29 is 14.7 Å². The van der Waals surface area contributed by atoms with E-state index < -0.39 is 18.0 Å². The standard InChI is InChI=1S/C12H11Cl3N2O3/c13-6-3-8(15)9(4-7(6)14)16-12(20)17-10(11(18)19)5-1-2-5/h3-5,10H,1-2H2,(H,18,19)(H2,16,17,20). The molecule has 1 unspecified atom stereocenters. The average Bonchev–Trinajstić information content (AvgIpc) is 3.17. The Kier molecular flexibility index (Phi) is 4.62. The van der Waals surface area contributed by atoms with Gasteiger partial charge >= 0.3 is 12.0 Å². The van der Waals surface area contributed by atoms with Crippen LogP contribution in [0.1, 0.15) is 12.8 Å². The normalized spacial score (nSPS) is 15.6. The lowest BCUT2D eigenvalue weighted by atomic mass is 10.2. The first kappa shape index (κ1) is 15.2. The van der Waals surface area contributed by atoms with E-state index in [0.29, 0.717) is 0 Å². The van der Waals surface area contributed by atoms with Gasteiger partial charge in [0.2, 0.25) is 0 Å². The fourth-order valence-corrected chi connectivity index (χ4v) is 2.32. The maximum Gasteiger partial charge on any atom is 0.326 e. The van der Waals surface area contributed by atoms with Crippen molar-refractivity contribution in [1.29, 1.82) is 0 Å². The number of rotatable bonds is 4. The Labute approximate surface area is 130 Å². The minimum atomic E-state index is -1.05. The zero-order chi connectivity index (χ0) is 14.9. The summed E-state index contributed by atoms with van der Waals surface area (Å²) in [6.07, 6.45) is 1.59. The highest BCUT2D eigenvalue weighted by molar-refractivity contribution is 6.44. The van der Waals surface area contributed by atoms with Crippen LogP contribution in [0.4, 0.5) is 10.5 Å². The molecule has 108 valence electrons. The van der Waals surface area contributed by atoms with Crippen LogP contribution in [-0.4, -0.2) is 23.1 Å². The Morgan fingerprint density at radius 2 is 1.75 bits per heavy atom. The van der Waals surface area contributed by atoms with Crippen molar-refractivity contribution in [3.8, 4) is 0 Å². The molecule has 0 bridgehead atoms. The molecule has 1 aromatic carbocycles. The number of aliphatic carboxylic acids is 1. The molecule has 20 heavy (non-hydrogen) atoms. The molecule has 1 saturated carbocycles. The van der Waals surface area contributed by atoms with Gasteiger partial charge < -0.3 is 15.7 Å². The van der Waals surface area contributed by atoms with E-state index in [4.69, 9.17) is 39.9 Å². The summed E-state index contributed by atoms with van der Waals surface area (Å²) in [5.41, 5.74) is 0.263. The number of amides is 2. The lowest BCUT2D eigenvalue weighted by Gasteiger charge is -2.15. The number of benzene rings is 1. The number of carbonyl (C=O) groups is 2. The molecule has 1 aliphatic carbocycles. The van der Waals surface area contributed by atoms with Crippen LogP contribution >= 0.6 is 34.8 Å². The van der Waals surface area contributed by atoms with E-state index in [0.717, 1.165) is 12.8 Å². The molecule has 3 N–H and O–H groups in total. The van der Waals surface area contributed by atoms with Crippen LogP contribution in [0.3, 0.4) is 0 Å². The minimum Gasteiger partial charge on any atom is -0.480 e. The smallest absolute Gasteiger partial charge is 0.326 e. The molecule has 5 nitrogen and oxygen atoms in total. The van der Waals surface area contributed by atoms with Crippen LogP contribution in [0.2, 0.25) is 15.1 Å². The van der Waals surface area contributed by atoms with E-state index in [1.54, 1.807) is 0 Å². The van der Waals surface area contributed by atoms with Crippen molar-refractivity contribution in [3.63, 3.8) is 0 Å². The van der Waals surface area contributed by atoms with Gasteiger partial charge in [0.25, 0.3) is 0 Å². The highest BCUT2D eigenvalue weighted by Gasteiger charge is 2.37. The summed E-state index contributed by atoms with van der Waals surface area (Å²) in [7, 11) is 0. The number of anilines is 1. The summed E-state index contributed by atoms with van der Waals surface area (Å²) in [5, 5.41) is 14.6. The fourth-order valence-electron chi connectivity index (χ4n) is 1.73. The SMILES string of the molecule is O=C(Nc1cc(Cl)c(Cl)cc1Cl)NC(C(=O)O)C1CC1. The van der Waals surface area contributed by atoms with E-state index >= 15 is 0 Å². The number of carboxylic acids is 1. The molecule has 1 aromatic rings. The Hall–Kier alpha value is -1.17. The predicted octanol–water partition coefficient (Wildman–Crippen LogP) is 3.63. The molecule has 1 aliphatic rings. The number of halogens is 3. The number of carbonyl (C=O) groups excluding carboxylic acids is 1.